The van der Waals surface area contributed by atoms with Crippen LogP contribution < -0.4 is 4.90 Å². The van der Waals surface area contributed by atoms with Crippen molar-refractivity contribution in [1.29, 1.82) is 0 Å². The highest BCUT2D eigenvalue weighted by Gasteiger charge is 2.26. The highest BCUT2D eigenvalue weighted by molar-refractivity contribution is 7.17. The Balaban J connectivity index is 1.45. The smallest absolute Gasteiger partial charge is 0.242 e. The summed E-state index contributed by atoms with van der Waals surface area (Å²) in [6, 6.07) is 8.32. The minimum absolute atomic E-state index is 0.0438. The van der Waals surface area contributed by atoms with Crippen LogP contribution in [-0.4, -0.2) is 53.2 Å². The Morgan fingerprint density at radius 2 is 2.13 bits per heavy atom. The van der Waals surface area contributed by atoms with Crippen LogP contribution in [0.2, 0.25) is 0 Å². The zero-order valence-electron chi connectivity index (χ0n) is 18.3. The zero-order valence-corrected chi connectivity index (χ0v) is 19.1. The molecule has 0 aliphatic carbocycles. The standard InChI is InChI=1S/C24H30N4O2S/c1-3-4-7-17(12-18-14-25-20-9-6-5-8-19(18)20)13-21(29)22-15-26-24(31-22)28-11-10-27(2)16-23(28)30/h5-6,8-9,14-15,17,25H,3-4,7,10-13,16H2,1-2H3. The first-order valence-corrected chi connectivity index (χ1v) is 11.9. The molecule has 6 nitrogen and oxygen atoms in total. The molecule has 7 heteroatoms. The number of H-pyrrole nitrogens is 1. The molecule has 1 aromatic carbocycles. The van der Waals surface area contributed by atoms with Crippen molar-refractivity contribution in [2.75, 3.05) is 31.6 Å². The molecule has 0 saturated carbocycles. The molecule has 1 aliphatic rings. The number of aromatic amines is 1. The number of unbranched alkanes of at least 4 members (excludes halogenated alkanes) is 1. The van der Waals surface area contributed by atoms with Crippen LogP contribution in [0.3, 0.4) is 0 Å². The number of Topliss-reactive ketones (excluding diaryl/α,β-unsaturated/α-hetero) is 1. The summed E-state index contributed by atoms with van der Waals surface area (Å²) in [5.74, 6) is 0.469. The van der Waals surface area contributed by atoms with Crippen molar-refractivity contribution in [2.24, 2.45) is 5.92 Å². The van der Waals surface area contributed by atoms with Crippen molar-refractivity contribution in [3.05, 3.63) is 47.1 Å². The highest BCUT2D eigenvalue weighted by Crippen LogP contribution is 2.29. The molecule has 0 spiro atoms. The molecular formula is C24H30N4O2S. The van der Waals surface area contributed by atoms with E-state index in [-0.39, 0.29) is 11.7 Å². The molecular weight excluding hydrogens is 408 g/mol. The van der Waals surface area contributed by atoms with Crippen molar-refractivity contribution < 1.29 is 9.59 Å². The summed E-state index contributed by atoms with van der Waals surface area (Å²) in [6.45, 7) is 4.02. The molecule has 1 aliphatic heterocycles. The van der Waals surface area contributed by atoms with Gasteiger partial charge in [0.15, 0.2) is 10.9 Å². The fourth-order valence-corrected chi connectivity index (χ4v) is 5.16. The number of amides is 1. The lowest BCUT2D eigenvalue weighted by molar-refractivity contribution is -0.120. The third kappa shape index (κ3) is 5.05. The second-order valence-corrected chi connectivity index (χ2v) is 9.50. The number of anilines is 1. The van der Waals surface area contributed by atoms with Gasteiger partial charge in [0.1, 0.15) is 0 Å². The molecule has 0 bridgehead atoms. The predicted molar refractivity (Wildman–Crippen MR) is 126 cm³/mol. The van der Waals surface area contributed by atoms with Crippen molar-refractivity contribution in [3.8, 4) is 0 Å². The van der Waals surface area contributed by atoms with Crippen LogP contribution in [0.5, 0.6) is 0 Å². The maximum atomic E-state index is 13.1. The van der Waals surface area contributed by atoms with Crippen LogP contribution in [0.25, 0.3) is 10.9 Å². The lowest BCUT2D eigenvalue weighted by Crippen LogP contribution is -2.48. The Kier molecular flexibility index (Phi) is 6.83. The van der Waals surface area contributed by atoms with Gasteiger partial charge in [0.25, 0.3) is 0 Å². The summed E-state index contributed by atoms with van der Waals surface area (Å²) in [4.78, 5) is 37.5. The lowest BCUT2D eigenvalue weighted by atomic mass is 9.89. The average molecular weight is 439 g/mol. The van der Waals surface area contributed by atoms with Crippen LogP contribution in [-0.2, 0) is 11.2 Å². The first kappa shape index (κ1) is 21.7. The van der Waals surface area contributed by atoms with E-state index in [0.717, 1.165) is 37.7 Å². The van der Waals surface area contributed by atoms with E-state index in [2.05, 4.69) is 41.3 Å². The second-order valence-electron chi connectivity index (χ2n) is 8.49. The molecule has 1 fully saturated rings. The average Bonchev–Trinajstić information content (AvgIpc) is 3.40. The molecule has 3 heterocycles. The molecule has 1 saturated heterocycles. The summed E-state index contributed by atoms with van der Waals surface area (Å²) >= 11 is 1.35. The Hall–Kier alpha value is -2.51. The normalized spacial score (nSPS) is 16.2. The van der Waals surface area contributed by atoms with E-state index in [4.69, 9.17) is 0 Å². The first-order chi connectivity index (χ1) is 15.0. The van der Waals surface area contributed by atoms with Crippen molar-refractivity contribution in [2.45, 2.75) is 39.0 Å². The molecule has 31 heavy (non-hydrogen) atoms. The fourth-order valence-electron chi connectivity index (χ4n) is 4.26. The number of rotatable bonds is 9. The Bertz CT molecular complexity index is 1060. The van der Waals surface area contributed by atoms with Crippen LogP contribution in [0.15, 0.2) is 36.7 Å². The number of carbonyl (C=O) groups is 2. The minimum Gasteiger partial charge on any atom is -0.361 e. The summed E-state index contributed by atoms with van der Waals surface area (Å²) in [7, 11) is 1.94. The summed E-state index contributed by atoms with van der Waals surface area (Å²) in [5, 5.41) is 1.88. The number of likely N-dealkylation sites (N-methyl/N-ethyl adjacent to an activating group) is 1. The summed E-state index contributed by atoms with van der Waals surface area (Å²) in [6.07, 6.45) is 8.40. The van der Waals surface area contributed by atoms with Gasteiger partial charge in [0.05, 0.1) is 17.6 Å². The van der Waals surface area contributed by atoms with Crippen molar-refractivity contribution in [3.63, 3.8) is 0 Å². The third-order valence-electron chi connectivity index (χ3n) is 6.03. The maximum Gasteiger partial charge on any atom is 0.242 e. The van der Waals surface area contributed by atoms with E-state index >= 15 is 0 Å². The second kappa shape index (κ2) is 9.75. The van der Waals surface area contributed by atoms with Gasteiger partial charge in [-0.15, -0.1) is 0 Å². The van der Waals surface area contributed by atoms with Gasteiger partial charge >= 0.3 is 0 Å². The van der Waals surface area contributed by atoms with E-state index in [9.17, 15) is 9.59 Å². The predicted octanol–water partition coefficient (Wildman–Crippen LogP) is 4.52. The monoisotopic (exact) mass is 438 g/mol. The Labute approximate surface area is 187 Å². The number of piperazine rings is 1. The molecule has 2 aromatic heterocycles. The molecule has 3 aromatic rings. The third-order valence-corrected chi connectivity index (χ3v) is 7.10. The number of thiazole rings is 1. The van der Waals surface area contributed by atoms with Crippen molar-refractivity contribution >= 4 is 39.1 Å². The van der Waals surface area contributed by atoms with Gasteiger partial charge in [-0.2, -0.15) is 0 Å². The van der Waals surface area contributed by atoms with Gasteiger partial charge < -0.3 is 4.98 Å². The van der Waals surface area contributed by atoms with Crippen LogP contribution in [0.1, 0.15) is 47.8 Å². The Morgan fingerprint density at radius 1 is 1.29 bits per heavy atom. The quantitative estimate of drug-likeness (QED) is 0.499. The minimum atomic E-state index is 0.0438. The van der Waals surface area contributed by atoms with E-state index in [1.54, 1.807) is 11.1 Å². The summed E-state index contributed by atoms with van der Waals surface area (Å²) < 4.78 is 0. The number of carbonyl (C=O) groups excluding carboxylic acids is 2. The topological polar surface area (TPSA) is 69.3 Å². The number of ketones is 1. The molecule has 1 atom stereocenters. The summed E-state index contributed by atoms with van der Waals surface area (Å²) in [5.41, 5.74) is 2.42. The SMILES string of the molecule is CCCCC(CC(=O)c1cnc(N2CCN(C)CC2=O)s1)Cc1c[nH]c2ccccc12. The van der Waals surface area contributed by atoms with E-state index in [1.165, 1.54) is 22.3 Å². The number of hydrogen-bond donors (Lipinski definition) is 1. The lowest BCUT2D eigenvalue weighted by Gasteiger charge is -2.30. The number of benzene rings is 1. The fraction of sp³-hybridized carbons (Fsp3) is 0.458. The first-order valence-electron chi connectivity index (χ1n) is 11.1. The number of nitrogens with zero attached hydrogens (tertiary/aromatic N) is 3. The van der Waals surface area contributed by atoms with Gasteiger partial charge in [0.2, 0.25) is 5.91 Å². The van der Waals surface area contributed by atoms with Gasteiger partial charge in [-0.25, -0.2) is 4.98 Å². The molecule has 1 N–H and O–H groups in total. The molecule has 164 valence electrons. The molecule has 0 radical (unpaired) electrons. The van der Waals surface area contributed by atoms with Gasteiger partial charge in [-0.05, 0) is 37.4 Å². The molecule has 1 unspecified atom stereocenters. The van der Waals surface area contributed by atoms with Gasteiger partial charge in [-0.1, -0.05) is 49.3 Å². The van der Waals surface area contributed by atoms with E-state index in [1.807, 2.05) is 18.0 Å². The number of hydrogen-bond acceptors (Lipinski definition) is 5. The maximum absolute atomic E-state index is 13.1. The molecule has 4 rings (SSSR count). The van der Waals surface area contributed by atoms with Crippen LogP contribution in [0.4, 0.5) is 5.13 Å². The Morgan fingerprint density at radius 3 is 2.94 bits per heavy atom. The van der Waals surface area contributed by atoms with Crippen molar-refractivity contribution in [1.82, 2.24) is 14.9 Å². The number of para-hydroxylation sites is 1. The molecule has 1 amide bonds. The van der Waals surface area contributed by atoms with Gasteiger partial charge in [-0.3, -0.25) is 19.4 Å². The number of aromatic nitrogens is 2. The number of nitrogens with one attached hydrogen (secondary N) is 1. The largest absolute Gasteiger partial charge is 0.361 e. The van der Waals surface area contributed by atoms with E-state index < -0.39 is 0 Å². The van der Waals surface area contributed by atoms with Crippen LogP contribution in [0, 0.1) is 5.92 Å². The number of fused-ring (bicyclic) bond motifs is 1. The van der Waals surface area contributed by atoms with E-state index in [0.29, 0.717) is 35.4 Å². The highest BCUT2D eigenvalue weighted by atomic mass is 32.1. The van der Waals surface area contributed by atoms with Gasteiger partial charge in [0, 0.05) is 36.6 Å². The van der Waals surface area contributed by atoms with Crippen LogP contribution >= 0.6 is 11.3 Å². The zero-order chi connectivity index (χ0) is 21.8.